The molecule has 2 heterocycles. The Bertz CT molecular complexity index is 303. The minimum absolute atomic E-state index is 0.231. The second kappa shape index (κ2) is 6.58. The molecular weight excluding hydrogens is 266 g/mol. The molecular formula is C17H31NOS. The van der Waals surface area contributed by atoms with Crippen LogP contribution in [0.25, 0.3) is 0 Å². The fourth-order valence-corrected chi connectivity index (χ4v) is 5.50. The highest BCUT2D eigenvalue weighted by Gasteiger charge is 2.39. The van der Waals surface area contributed by atoms with Crippen LogP contribution in [-0.4, -0.2) is 36.3 Å². The van der Waals surface area contributed by atoms with Crippen LogP contribution in [0.5, 0.6) is 0 Å². The summed E-state index contributed by atoms with van der Waals surface area (Å²) >= 11 is 2.10. The predicted octanol–water partition coefficient (Wildman–Crippen LogP) is 3.99. The summed E-state index contributed by atoms with van der Waals surface area (Å²) in [5, 5.41) is 3.92. The maximum Gasteiger partial charge on any atom is 0.0713 e. The molecule has 0 aromatic heterocycles. The minimum atomic E-state index is 0.231. The third-order valence-electron chi connectivity index (χ3n) is 5.78. The van der Waals surface area contributed by atoms with Crippen LogP contribution in [0.3, 0.4) is 0 Å². The van der Waals surface area contributed by atoms with Gasteiger partial charge in [-0.25, -0.2) is 0 Å². The molecule has 116 valence electrons. The second-order valence-electron chi connectivity index (χ2n) is 7.59. The first-order valence-electron chi connectivity index (χ1n) is 8.65. The molecule has 3 fully saturated rings. The van der Waals surface area contributed by atoms with E-state index < -0.39 is 0 Å². The SMILES string of the molecule is CC1(CNC2CCOC3(CCSCC3)C2)CCCCC1. The van der Waals surface area contributed by atoms with Crippen molar-refractivity contribution in [2.24, 2.45) is 5.41 Å². The number of hydrogen-bond donors (Lipinski definition) is 1. The summed E-state index contributed by atoms with van der Waals surface area (Å²) in [4.78, 5) is 0. The van der Waals surface area contributed by atoms with E-state index >= 15 is 0 Å². The van der Waals surface area contributed by atoms with Gasteiger partial charge in [-0.15, -0.1) is 0 Å². The number of hydrogen-bond acceptors (Lipinski definition) is 3. The van der Waals surface area contributed by atoms with E-state index in [-0.39, 0.29) is 5.60 Å². The molecule has 1 saturated carbocycles. The fraction of sp³-hybridized carbons (Fsp3) is 1.00. The van der Waals surface area contributed by atoms with Crippen molar-refractivity contribution in [3.8, 4) is 0 Å². The van der Waals surface area contributed by atoms with Gasteiger partial charge >= 0.3 is 0 Å². The smallest absolute Gasteiger partial charge is 0.0713 e. The second-order valence-corrected chi connectivity index (χ2v) is 8.81. The maximum atomic E-state index is 6.20. The van der Waals surface area contributed by atoms with E-state index in [9.17, 15) is 0 Å². The summed E-state index contributed by atoms with van der Waals surface area (Å²) in [6.45, 7) is 4.69. The summed E-state index contributed by atoms with van der Waals surface area (Å²) < 4.78 is 6.20. The first-order chi connectivity index (χ1) is 9.70. The molecule has 0 aromatic carbocycles. The Morgan fingerprint density at radius 3 is 2.60 bits per heavy atom. The highest BCUT2D eigenvalue weighted by Crippen LogP contribution is 2.39. The van der Waals surface area contributed by atoms with Crippen molar-refractivity contribution in [1.29, 1.82) is 0 Å². The Hall–Kier alpha value is 0.270. The van der Waals surface area contributed by atoms with Crippen LogP contribution in [-0.2, 0) is 4.74 Å². The Morgan fingerprint density at radius 2 is 1.85 bits per heavy atom. The van der Waals surface area contributed by atoms with Crippen LogP contribution in [0.2, 0.25) is 0 Å². The van der Waals surface area contributed by atoms with Crippen LogP contribution < -0.4 is 5.32 Å². The first-order valence-corrected chi connectivity index (χ1v) is 9.80. The zero-order valence-corrected chi connectivity index (χ0v) is 13.9. The summed E-state index contributed by atoms with van der Waals surface area (Å²) in [6.07, 6.45) is 12.2. The van der Waals surface area contributed by atoms with Gasteiger partial charge in [-0.1, -0.05) is 26.2 Å². The quantitative estimate of drug-likeness (QED) is 0.851. The van der Waals surface area contributed by atoms with Gasteiger partial charge in [-0.2, -0.15) is 11.8 Å². The van der Waals surface area contributed by atoms with E-state index in [0.717, 1.165) is 6.61 Å². The molecule has 1 atom stereocenters. The molecule has 3 aliphatic rings. The molecule has 3 rings (SSSR count). The third kappa shape index (κ3) is 3.72. The van der Waals surface area contributed by atoms with Crippen molar-refractivity contribution in [2.75, 3.05) is 24.7 Å². The molecule has 0 aromatic rings. The van der Waals surface area contributed by atoms with Gasteiger partial charge in [0.05, 0.1) is 5.60 Å². The van der Waals surface area contributed by atoms with Crippen molar-refractivity contribution in [3.63, 3.8) is 0 Å². The van der Waals surface area contributed by atoms with Gasteiger partial charge in [-0.3, -0.25) is 0 Å². The molecule has 2 saturated heterocycles. The number of rotatable bonds is 3. The van der Waals surface area contributed by atoms with Crippen molar-refractivity contribution >= 4 is 11.8 Å². The van der Waals surface area contributed by atoms with Gasteiger partial charge in [0.25, 0.3) is 0 Å². The Balaban J connectivity index is 1.49. The lowest BCUT2D eigenvalue weighted by molar-refractivity contribution is -0.0940. The van der Waals surface area contributed by atoms with E-state index in [1.165, 1.54) is 75.8 Å². The zero-order valence-electron chi connectivity index (χ0n) is 13.1. The molecule has 2 aliphatic heterocycles. The summed E-state index contributed by atoms with van der Waals surface area (Å²) in [5.74, 6) is 2.59. The van der Waals surface area contributed by atoms with Crippen molar-refractivity contribution in [2.45, 2.75) is 76.4 Å². The minimum Gasteiger partial charge on any atom is -0.375 e. The Kier molecular flexibility index (Phi) is 4.99. The van der Waals surface area contributed by atoms with Crippen molar-refractivity contribution in [1.82, 2.24) is 5.32 Å². The maximum absolute atomic E-state index is 6.20. The number of thioether (sulfide) groups is 1. The molecule has 2 nitrogen and oxygen atoms in total. The highest BCUT2D eigenvalue weighted by atomic mass is 32.2. The molecule has 1 aliphatic carbocycles. The molecule has 0 amide bonds. The first kappa shape index (κ1) is 15.2. The lowest BCUT2D eigenvalue weighted by Crippen LogP contribution is -2.50. The normalized spacial score (nSPS) is 33.1. The topological polar surface area (TPSA) is 21.3 Å². The Labute approximate surface area is 128 Å². The van der Waals surface area contributed by atoms with Crippen LogP contribution in [0.4, 0.5) is 0 Å². The molecule has 1 unspecified atom stereocenters. The average Bonchev–Trinajstić information content (AvgIpc) is 2.47. The lowest BCUT2D eigenvalue weighted by atomic mass is 9.75. The van der Waals surface area contributed by atoms with Gasteiger partial charge in [0.15, 0.2) is 0 Å². The van der Waals surface area contributed by atoms with Crippen LogP contribution >= 0.6 is 11.8 Å². The van der Waals surface area contributed by atoms with Gasteiger partial charge < -0.3 is 10.1 Å². The van der Waals surface area contributed by atoms with Crippen molar-refractivity contribution in [3.05, 3.63) is 0 Å². The van der Waals surface area contributed by atoms with Gasteiger partial charge in [0, 0.05) is 19.2 Å². The van der Waals surface area contributed by atoms with Gasteiger partial charge in [-0.05, 0) is 55.4 Å². The van der Waals surface area contributed by atoms with E-state index in [1.54, 1.807) is 0 Å². The molecule has 0 bridgehead atoms. The molecule has 1 spiro atoms. The van der Waals surface area contributed by atoms with Crippen molar-refractivity contribution < 1.29 is 4.74 Å². The van der Waals surface area contributed by atoms with E-state index in [1.807, 2.05) is 0 Å². The predicted molar refractivity (Wildman–Crippen MR) is 87.5 cm³/mol. The molecule has 3 heteroatoms. The lowest BCUT2D eigenvalue weighted by Gasteiger charge is -2.44. The largest absolute Gasteiger partial charge is 0.375 e. The van der Waals surface area contributed by atoms with Crippen LogP contribution in [0.1, 0.15) is 64.7 Å². The molecule has 1 N–H and O–H groups in total. The van der Waals surface area contributed by atoms with Crippen LogP contribution in [0, 0.1) is 5.41 Å². The Morgan fingerprint density at radius 1 is 1.10 bits per heavy atom. The highest BCUT2D eigenvalue weighted by molar-refractivity contribution is 7.99. The zero-order chi connectivity index (χ0) is 13.9. The fourth-order valence-electron chi connectivity index (χ4n) is 4.27. The molecule has 0 radical (unpaired) electrons. The third-order valence-corrected chi connectivity index (χ3v) is 6.76. The van der Waals surface area contributed by atoms with Gasteiger partial charge in [0.1, 0.15) is 0 Å². The summed E-state index contributed by atoms with van der Waals surface area (Å²) in [6, 6.07) is 0.700. The van der Waals surface area contributed by atoms with E-state index in [2.05, 4.69) is 24.0 Å². The summed E-state index contributed by atoms with van der Waals surface area (Å²) in [5.41, 5.74) is 0.792. The van der Waals surface area contributed by atoms with E-state index in [0.29, 0.717) is 11.5 Å². The van der Waals surface area contributed by atoms with E-state index in [4.69, 9.17) is 4.74 Å². The van der Waals surface area contributed by atoms with Crippen LogP contribution in [0.15, 0.2) is 0 Å². The molecule has 20 heavy (non-hydrogen) atoms. The summed E-state index contributed by atoms with van der Waals surface area (Å²) in [7, 11) is 0. The number of ether oxygens (including phenoxy) is 1. The number of nitrogens with one attached hydrogen (secondary N) is 1. The standard InChI is InChI=1S/C17H31NOS/c1-16(6-3-2-4-7-16)14-18-15-5-10-19-17(13-15)8-11-20-12-9-17/h15,18H,2-14H2,1H3. The monoisotopic (exact) mass is 297 g/mol. The van der Waals surface area contributed by atoms with Gasteiger partial charge in [0.2, 0.25) is 0 Å². The average molecular weight is 298 g/mol.